The van der Waals surface area contributed by atoms with Crippen molar-refractivity contribution in [1.82, 2.24) is 5.32 Å². The molecule has 0 radical (unpaired) electrons. The van der Waals surface area contributed by atoms with Gasteiger partial charge < -0.3 is 10.6 Å². The highest BCUT2D eigenvalue weighted by Gasteiger charge is 2.11. The molecule has 0 aliphatic rings. The quantitative estimate of drug-likeness (QED) is 0.623. The van der Waals surface area contributed by atoms with Gasteiger partial charge in [0.05, 0.1) is 5.56 Å². The van der Waals surface area contributed by atoms with Gasteiger partial charge in [-0.25, -0.2) is 0 Å². The monoisotopic (exact) mass is 254 g/mol. The zero-order chi connectivity index (χ0) is 12.8. The number of aldehydes is 1. The number of amides is 2. The van der Waals surface area contributed by atoms with E-state index in [2.05, 4.69) is 10.6 Å². The van der Waals surface area contributed by atoms with Gasteiger partial charge in [-0.05, 0) is 18.2 Å². The molecule has 2 amide bonds. The Hall–Kier alpha value is -1.88. The predicted molar refractivity (Wildman–Crippen MR) is 64.6 cm³/mol. The second-order valence-electron chi connectivity index (χ2n) is 3.18. The molecular weight excluding hydrogens is 244 g/mol. The van der Waals surface area contributed by atoms with Gasteiger partial charge in [0.15, 0.2) is 6.29 Å². The van der Waals surface area contributed by atoms with Gasteiger partial charge in [-0.3, -0.25) is 14.4 Å². The van der Waals surface area contributed by atoms with Crippen LogP contribution in [0, 0.1) is 0 Å². The van der Waals surface area contributed by atoms with Gasteiger partial charge in [0.2, 0.25) is 5.91 Å². The summed E-state index contributed by atoms with van der Waals surface area (Å²) in [6, 6.07) is 4.41. The van der Waals surface area contributed by atoms with Crippen LogP contribution in [0.15, 0.2) is 18.2 Å². The Labute approximate surface area is 103 Å². The fourth-order valence-corrected chi connectivity index (χ4v) is 1.33. The molecular formula is C11H11ClN2O3. The first kappa shape index (κ1) is 13.2. The molecule has 0 saturated heterocycles. The molecule has 0 heterocycles. The largest absolute Gasteiger partial charge is 0.355 e. The molecule has 17 heavy (non-hydrogen) atoms. The lowest BCUT2D eigenvalue weighted by atomic mass is 10.1. The van der Waals surface area contributed by atoms with Crippen molar-refractivity contribution >= 4 is 35.4 Å². The van der Waals surface area contributed by atoms with Crippen LogP contribution in [0.2, 0.25) is 0 Å². The van der Waals surface area contributed by atoms with Crippen LogP contribution in [0.25, 0.3) is 0 Å². The summed E-state index contributed by atoms with van der Waals surface area (Å²) in [7, 11) is 1.46. The lowest BCUT2D eigenvalue weighted by Crippen LogP contribution is -2.20. The number of carbonyl (C=O) groups is 3. The van der Waals surface area contributed by atoms with Crippen molar-refractivity contribution in [2.24, 2.45) is 0 Å². The van der Waals surface area contributed by atoms with Crippen molar-refractivity contribution in [3.8, 4) is 0 Å². The Balaban J connectivity index is 3.08. The lowest BCUT2D eigenvalue weighted by Gasteiger charge is -2.07. The van der Waals surface area contributed by atoms with Crippen LogP contribution >= 0.6 is 11.6 Å². The van der Waals surface area contributed by atoms with Gasteiger partial charge >= 0.3 is 0 Å². The maximum absolute atomic E-state index is 11.5. The van der Waals surface area contributed by atoms with Crippen LogP contribution in [0.3, 0.4) is 0 Å². The van der Waals surface area contributed by atoms with E-state index < -0.39 is 5.91 Å². The Bertz CT molecular complexity index is 460. The van der Waals surface area contributed by atoms with Crippen LogP contribution < -0.4 is 10.6 Å². The molecule has 0 aliphatic heterocycles. The van der Waals surface area contributed by atoms with E-state index in [4.69, 9.17) is 11.6 Å². The van der Waals surface area contributed by atoms with E-state index in [1.54, 1.807) is 0 Å². The van der Waals surface area contributed by atoms with Crippen molar-refractivity contribution < 1.29 is 14.4 Å². The van der Waals surface area contributed by atoms with Crippen LogP contribution in [0.1, 0.15) is 20.7 Å². The molecule has 0 aromatic heterocycles. The molecule has 0 atom stereocenters. The predicted octanol–water partition coefficient (Wildman–Crippen LogP) is 1.04. The van der Waals surface area contributed by atoms with Crippen molar-refractivity contribution in [3.63, 3.8) is 0 Å². The van der Waals surface area contributed by atoms with Crippen LogP contribution in [0.4, 0.5) is 5.69 Å². The zero-order valence-corrected chi connectivity index (χ0v) is 9.88. The Morgan fingerprint density at radius 3 is 2.65 bits per heavy atom. The number of carbonyl (C=O) groups excluding carboxylic acids is 3. The van der Waals surface area contributed by atoms with Crippen molar-refractivity contribution in [3.05, 3.63) is 29.3 Å². The molecule has 6 heteroatoms. The second-order valence-corrected chi connectivity index (χ2v) is 3.45. The summed E-state index contributed by atoms with van der Waals surface area (Å²) >= 11 is 5.34. The third kappa shape index (κ3) is 3.29. The average molecular weight is 255 g/mol. The third-order valence-electron chi connectivity index (χ3n) is 2.06. The van der Waals surface area contributed by atoms with Crippen LogP contribution in [-0.4, -0.2) is 31.0 Å². The fraction of sp³-hybridized carbons (Fsp3) is 0.182. The number of hydrogen-bond acceptors (Lipinski definition) is 3. The fourth-order valence-electron chi connectivity index (χ4n) is 1.26. The number of alkyl halides is 1. The van der Waals surface area contributed by atoms with Crippen molar-refractivity contribution in [2.75, 3.05) is 18.2 Å². The number of nitrogens with one attached hydrogen (secondary N) is 2. The van der Waals surface area contributed by atoms with E-state index in [0.717, 1.165) is 0 Å². The summed E-state index contributed by atoms with van der Waals surface area (Å²) in [5.41, 5.74) is 0.878. The van der Waals surface area contributed by atoms with E-state index >= 15 is 0 Å². The first-order valence-electron chi connectivity index (χ1n) is 4.79. The molecule has 0 saturated carbocycles. The maximum Gasteiger partial charge on any atom is 0.251 e. The van der Waals surface area contributed by atoms with Crippen molar-refractivity contribution in [2.45, 2.75) is 0 Å². The standard InChI is InChI=1S/C11H11ClN2O3/c1-13-11(17)9-4-8(14-10(16)5-12)3-2-7(9)6-15/h2-4,6H,5H2,1H3,(H,13,17)(H,14,16). The molecule has 1 aromatic rings. The minimum Gasteiger partial charge on any atom is -0.355 e. The smallest absolute Gasteiger partial charge is 0.251 e. The molecule has 0 unspecified atom stereocenters. The number of hydrogen-bond donors (Lipinski definition) is 2. The molecule has 0 aliphatic carbocycles. The molecule has 1 rings (SSSR count). The number of anilines is 1. The van der Waals surface area contributed by atoms with Crippen molar-refractivity contribution in [1.29, 1.82) is 0 Å². The van der Waals surface area contributed by atoms with E-state index in [-0.39, 0.29) is 22.9 Å². The second kappa shape index (κ2) is 6.00. The summed E-state index contributed by atoms with van der Waals surface area (Å²) in [6.07, 6.45) is 0.581. The van der Waals surface area contributed by atoms with Gasteiger partial charge in [-0.15, -0.1) is 11.6 Å². The molecule has 0 bridgehead atoms. The molecule has 0 fully saturated rings. The summed E-state index contributed by atoms with van der Waals surface area (Å²) in [5.74, 6) is -0.951. The first-order valence-corrected chi connectivity index (χ1v) is 5.33. The van der Waals surface area contributed by atoms with Gasteiger partial charge in [0, 0.05) is 18.3 Å². The minimum absolute atomic E-state index is 0.176. The van der Waals surface area contributed by atoms with Gasteiger partial charge in [0.1, 0.15) is 5.88 Å². The van der Waals surface area contributed by atoms with E-state index in [0.29, 0.717) is 12.0 Å². The number of rotatable bonds is 4. The number of benzene rings is 1. The highest BCUT2D eigenvalue weighted by molar-refractivity contribution is 6.29. The highest BCUT2D eigenvalue weighted by Crippen LogP contribution is 2.15. The Morgan fingerprint density at radius 1 is 1.41 bits per heavy atom. The molecule has 90 valence electrons. The highest BCUT2D eigenvalue weighted by atomic mass is 35.5. The van der Waals surface area contributed by atoms with E-state index in [1.807, 2.05) is 0 Å². The summed E-state index contributed by atoms with van der Waals surface area (Å²) in [6.45, 7) is 0. The van der Waals surface area contributed by atoms with Crippen LogP contribution in [-0.2, 0) is 4.79 Å². The number of halogens is 1. The average Bonchev–Trinajstić information content (AvgIpc) is 2.37. The lowest BCUT2D eigenvalue weighted by molar-refractivity contribution is -0.113. The topological polar surface area (TPSA) is 75.3 Å². The summed E-state index contributed by atoms with van der Waals surface area (Å²) in [5, 5.41) is 4.91. The summed E-state index contributed by atoms with van der Waals surface area (Å²) in [4.78, 5) is 33.3. The van der Waals surface area contributed by atoms with Gasteiger partial charge in [-0.1, -0.05) is 0 Å². The van der Waals surface area contributed by atoms with Crippen LogP contribution in [0.5, 0.6) is 0 Å². The third-order valence-corrected chi connectivity index (χ3v) is 2.30. The molecule has 2 N–H and O–H groups in total. The Kier molecular flexibility index (Phi) is 4.66. The normalized spacial score (nSPS) is 9.53. The van der Waals surface area contributed by atoms with E-state index in [9.17, 15) is 14.4 Å². The Morgan fingerprint density at radius 2 is 2.12 bits per heavy atom. The molecule has 5 nitrogen and oxygen atoms in total. The maximum atomic E-state index is 11.5. The zero-order valence-electron chi connectivity index (χ0n) is 9.12. The summed E-state index contributed by atoms with van der Waals surface area (Å²) < 4.78 is 0. The minimum atomic E-state index is -0.394. The first-order chi connectivity index (χ1) is 8.12. The SMILES string of the molecule is CNC(=O)c1cc(NC(=O)CCl)ccc1C=O. The molecule has 0 spiro atoms. The van der Waals surface area contributed by atoms with E-state index in [1.165, 1.54) is 25.2 Å². The van der Waals surface area contributed by atoms with Gasteiger partial charge in [0.25, 0.3) is 5.91 Å². The molecule has 1 aromatic carbocycles. The van der Waals surface area contributed by atoms with Gasteiger partial charge in [-0.2, -0.15) is 0 Å².